The van der Waals surface area contributed by atoms with E-state index in [4.69, 9.17) is 56.8 Å². The molecule has 10 rings (SSSR count). The first-order chi connectivity index (χ1) is 36.7. The van der Waals surface area contributed by atoms with Gasteiger partial charge in [0.2, 0.25) is 0 Å². The summed E-state index contributed by atoms with van der Waals surface area (Å²) in [5.74, 6) is -2.08. The zero-order chi connectivity index (χ0) is 56.4. The number of aliphatic hydroxyl groups is 9. The molecule has 10 fully saturated rings. The van der Waals surface area contributed by atoms with Gasteiger partial charge in [-0.1, -0.05) is 39.3 Å². The van der Waals surface area contributed by atoms with Gasteiger partial charge in [-0.25, -0.2) is 0 Å². The number of carbonyl (C=O) groups excluding carboxylic acids is 2. The van der Waals surface area contributed by atoms with E-state index >= 15 is 0 Å². The van der Waals surface area contributed by atoms with Gasteiger partial charge in [0.1, 0.15) is 67.1 Å². The second-order valence-electron chi connectivity index (χ2n) is 26.0. The predicted octanol–water partition coefficient (Wildman–Crippen LogP) is 0.211. The second kappa shape index (κ2) is 21.5. The van der Waals surface area contributed by atoms with Crippen LogP contribution in [0.1, 0.15) is 114 Å². The van der Waals surface area contributed by atoms with E-state index in [1.807, 2.05) is 13.8 Å². The van der Waals surface area contributed by atoms with Crippen molar-refractivity contribution in [3.63, 3.8) is 0 Å². The highest BCUT2D eigenvalue weighted by atomic mass is 16.8. The Bertz CT molecular complexity index is 2210. The molecule has 28 atom stereocenters. The Morgan fingerprint density at radius 1 is 0.641 bits per heavy atom. The fourth-order valence-electron chi connectivity index (χ4n) is 17.5. The SMILES string of the molecule is CC(=O)O[C@@H]1[C@@H](O)[C@H](O[C@@]2(C)CC(C=C(C)C)O[C@]34C[C@]5(CO3)[C@H](CC[C@@H]3[C@@]6(C)CC[C@H](O[C@@H]7OC[C@H](O)[C@H](O[C@@H]8O[C@H](CO)[C@@H](O)[C@H](O)[C@H]8O)[C@H]7O[C@@H]7O[C@@H](CO)[C@H](O)[C@H]7O)C(C)(C)[C@@H]6CC[C@]35C)[C@H]42)OC[C@@H]1OC(C)=O. The van der Waals surface area contributed by atoms with Crippen molar-refractivity contribution < 1.29 is 112 Å². The van der Waals surface area contributed by atoms with Gasteiger partial charge in [0, 0.05) is 38.0 Å². The van der Waals surface area contributed by atoms with E-state index in [2.05, 4.69) is 40.7 Å². The number of ether oxygens (including phenoxy) is 12. The molecule has 4 saturated carbocycles. The summed E-state index contributed by atoms with van der Waals surface area (Å²) in [5, 5.41) is 97.0. The molecule has 0 aromatic rings. The van der Waals surface area contributed by atoms with Gasteiger partial charge in [0.15, 0.2) is 43.2 Å². The Morgan fingerprint density at radius 3 is 1.91 bits per heavy atom. The van der Waals surface area contributed by atoms with Crippen molar-refractivity contribution in [3.8, 4) is 0 Å². The fraction of sp³-hybridized carbons (Fsp3) is 0.927. The van der Waals surface area contributed by atoms with E-state index in [9.17, 15) is 55.5 Å². The Morgan fingerprint density at radius 2 is 1.27 bits per heavy atom. The van der Waals surface area contributed by atoms with Crippen molar-refractivity contribution in [1.82, 2.24) is 0 Å². The monoisotopic (exact) mass is 1110 g/mol. The molecular formula is C55H86O23. The molecule has 4 aliphatic carbocycles. The number of aliphatic hydroxyl groups excluding tert-OH is 9. The summed E-state index contributed by atoms with van der Waals surface area (Å²) < 4.78 is 75.7. The highest BCUT2D eigenvalue weighted by Crippen LogP contribution is 2.81. The van der Waals surface area contributed by atoms with Crippen LogP contribution < -0.4 is 0 Å². The highest BCUT2D eigenvalue weighted by Gasteiger charge is 2.81. The lowest BCUT2D eigenvalue weighted by molar-refractivity contribution is -0.380. The summed E-state index contributed by atoms with van der Waals surface area (Å²) in [6.07, 6.45) is -17.7. The third-order valence-electron chi connectivity index (χ3n) is 20.8. The molecule has 444 valence electrons. The van der Waals surface area contributed by atoms with E-state index in [1.54, 1.807) is 0 Å². The van der Waals surface area contributed by atoms with Crippen LogP contribution in [0.25, 0.3) is 0 Å². The largest absolute Gasteiger partial charge is 0.456 e. The third kappa shape index (κ3) is 9.64. The van der Waals surface area contributed by atoms with Gasteiger partial charge in [-0.05, 0) is 93.3 Å². The number of rotatable bonds is 13. The van der Waals surface area contributed by atoms with Gasteiger partial charge < -0.3 is 103 Å². The predicted molar refractivity (Wildman–Crippen MR) is 265 cm³/mol. The molecule has 0 amide bonds. The van der Waals surface area contributed by atoms with Crippen LogP contribution in [-0.2, 0) is 66.4 Å². The first kappa shape index (κ1) is 59.1. The smallest absolute Gasteiger partial charge is 0.303 e. The van der Waals surface area contributed by atoms with Crippen molar-refractivity contribution in [2.45, 2.75) is 242 Å². The van der Waals surface area contributed by atoms with Gasteiger partial charge >= 0.3 is 11.9 Å². The van der Waals surface area contributed by atoms with Crippen LogP contribution in [0.3, 0.4) is 0 Å². The quantitative estimate of drug-likeness (QED) is 0.0676. The molecular weight excluding hydrogens is 1030 g/mol. The van der Waals surface area contributed by atoms with Gasteiger partial charge in [0.05, 0.1) is 50.8 Å². The van der Waals surface area contributed by atoms with Crippen LogP contribution in [0.4, 0.5) is 0 Å². The second-order valence-corrected chi connectivity index (χ2v) is 26.0. The first-order valence-electron chi connectivity index (χ1n) is 28.1. The number of esters is 2. The lowest BCUT2D eigenvalue weighted by Crippen LogP contribution is -2.68. The molecule has 9 N–H and O–H groups in total. The first-order valence-corrected chi connectivity index (χ1v) is 28.1. The molecule has 6 heterocycles. The average molecular weight is 1120 g/mol. The topological polar surface area (TPSA) is 327 Å². The van der Waals surface area contributed by atoms with Crippen molar-refractivity contribution >= 4 is 11.9 Å². The molecule has 6 saturated heterocycles. The minimum Gasteiger partial charge on any atom is -0.456 e. The number of hydrogen-bond donors (Lipinski definition) is 9. The van der Waals surface area contributed by atoms with E-state index in [1.165, 1.54) is 13.8 Å². The molecule has 1 unspecified atom stereocenters. The zero-order valence-corrected chi connectivity index (χ0v) is 46.3. The van der Waals surface area contributed by atoms with Crippen LogP contribution in [0.2, 0.25) is 0 Å². The number of allylic oxidation sites excluding steroid dienone is 1. The summed E-state index contributed by atoms with van der Waals surface area (Å²) in [6, 6.07) is 0. The standard InChI is InChI=1S/C55H86O23/c1-24(2)16-27-17-53(9,78-46-41(66)43(71-26(4)59)32(21-68-46)70-25(3)58)45-28-10-11-34-51(7)14-13-35(50(5,6)33(51)12-15-52(34,8)54(28)22-55(45,77-27)69-23-54)74-49-44(76-47-39(64)37(62)31(19-57)73-47)42(29(60)20-67-49)75-48-40(65)38(63)36(61)30(18-56)72-48/h16,27-49,56-57,60-66H,10-15,17-23H2,1-9H3/t27?,28-,29+,30-,31+,32+,33+,34-,35+,36-,37+,38+,39-,40-,41-,42+,43+,44-,45+,46+,47+,48+,49+,51+,52-,53+,54+,55+/m1/s1. The molecule has 0 aromatic heterocycles. The Labute approximate surface area is 455 Å². The van der Waals surface area contributed by atoms with E-state index in [0.717, 1.165) is 37.7 Å². The van der Waals surface area contributed by atoms with Crippen molar-refractivity contribution in [3.05, 3.63) is 11.6 Å². The van der Waals surface area contributed by atoms with Crippen molar-refractivity contribution in [2.75, 3.05) is 33.0 Å². The van der Waals surface area contributed by atoms with Gasteiger partial charge in [-0.3, -0.25) is 9.59 Å². The molecule has 0 radical (unpaired) electrons. The zero-order valence-electron chi connectivity index (χ0n) is 46.3. The van der Waals surface area contributed by atoms with E-state index in [0.29, 0.717) is 25.9 Å². The van der Waals surface area contributed by atoms with Crippen LogP contribution in [0.5, 0.6) is 0 Å². The van der Waals surface area contributed by atoms with Crippen LogP contribution in [0.15, 0.2) is 11.6 Å². The molecule has 2 bridgehead atoms. The van der Waals surface area contributed by atoms with Gasteiger partial charge in [-0.15, -0.1) is 0 Å². The lowest BCUT2D eigenvalue weighted by Gasteiger charge is -2.70. The molecule has 78 heavy (non-hydrogen) atoms. The number of fused-ring (bicyclic) bond motifs is 4. The summed E-state index contributed by atoms with van der Waals surface area (Å²) in [7, 11) is 0. The highest BCUT2D eigenvalue weighted by molar-refractivity contribution is 5.67. The normalized spacial score (nSPS) is 53.3. The van der Waals surface area contributed by atoms with Crippen LogP contribution in [0, 0.1) is 45.3 Å². The summed E-state index contributed by atoms with van der Waals surface area (Å²) in [5.41, 5.74) is -1.16. The molecule has 2 spiro atoms. The lowest BCUT2D eigenvalue weighted by atomic mass is 9.35. The minimum atomic E-state index is -1.83. The van der Waals surface area contributed by atoms with Gasteiger partial charge in [-0.2, -0.15) is 0 Å². The Hall–Kier alpha value is -2.08. The molecule has 23 heteroatoms. The van der Waals surface area contributed by atoms with E-state index < -0.39 is 159 Å². The molecule has 10 aliphatic rings. The van der Waals surface area contributed by atoms with Gasteiger partial charge in [0.25, 0.3) is 0 Å². The number of hydrogen-bond acceptors (Lipinski definition) is 23. The maximum Gasteiger partial charge on any atom is 0.303 e. The van der Waals surface area contributed by atoms with E-state index in [-0.39, 0.29) is 53.1 Å². The summed E-state index contributed by atoms with van der Waals surface area (Å²) in [6.45, 7) is 16.5. The Kier molecular flexibility index (Phi) is 16.3. The molecule has 23 nitrogen and oxygen atoms in total. The third-order valence-corrected chi connectivity index (χ3v) is 20.8. The molecule has 6 aliphatic heterocycles. The summed E-state index contributed by atoms with van der Waals surface area (Å²) in [4.78, 5) is 24.4. The Balaban J connectivity index is 0.907. The van der Waals surface area contributed by atoms with Crippen molar-refractivity contribution in [2.24, 2.45) is 45.3 Å². The average Bonchev–Trinajstić information content (AvgIpc) is 3.79. The summed E-state index contributed by atoms with van der Waals surface area (Å²) >= 11 is 0. The number of carbonyl (C=O) groups is 2. The maximum absolute atomic E-state index is 12.3. The maximum atomic E-state index is 12.3. The van der Waals surface area contributed by atoms with Crippen LogP contribution >= 0.6 is 0 Å². The fourth-order valence-corrected chi connectivity index (χ4v) is 17.5. The van der Waals surface area contributed by atoms with Crippen molar-refractivity contribution in [1.29, 1.82) is 0 Å². The minimum absolute atomic E-state index is 0.0989. The molecule has 0 aromatic carbocycles. The van der Waals surface area contributed by atoms with Crippen LogP contribution in [-0.4, -0.2) is 219 Å².